The highest BCUT2D eigenvalue weighted by molar-refractivity contribution is 6.33. The summed E-state index contributed by atoms with van der Waals surface area (Å²) in [5.41, 5.74) is 1.88. The fraction of sp³-hybridized carbons (Fsp3) is 0.231. The third-order valence-corrected chi connectivity index (χ3v) is 3.53. The van der Waals surface area contributed by atoms with Crippen molar-refractivity contribution in [3.05, 3.63) is 34.4 Å². The molecule has 1 fully saturated rings. The van der Waals surface area contributed by atoms with Crippen molar-refractivity contribution in [2.45, 2.75) is 5.92 Å². The Morgan fingerprint density at radius 3 is 2.95 bits per heavy atom. The van der Waals surface area contributed by atoms with Crippen LogP contribution in [0.3, 0.4) is 0 Å². The summed E-state index contributed by atoms with van der Waals surface area (Å²) in [5, 5.41) is 3.95. The lowest BCUT2D eigenvalue weighted by molar-refractivity contribution is 0.430. The molecule has 0 unspecified atom stereocenters. The maximum Gasteiger partial charge on any atom is 0.294 e. The minimum atomic E-state index is -0.235. The summed E-state index contributed by atoms with van der Waals surface area (Å²) in [6.45, 7) is 1.68. The van der Waals surface area contributed by atoms with Gasteiger partial charge in [0.05, 0.1) is 0 Å². The maximum atomic E-state index is 12.1. The van der Waals surface area contributed by atoms with E-state index < -0.39 is 0 Å². The third kappa shape index (κ3) is 1.53. The lowest BCUT2D eigenvalue weighted by Gasteiger charge is -2.25. The molecule has 0 bridgehead atoms. The Labute approximate surface area is 109 Å². The van der Waals surface area contributed by atoms with Crippen molar-refractivity contribution in [3.8, 4) is 0 Å². The van der Waals surface area contributed by atoms with Gasteiger partial charge in [-0.25, -0.2) is 4.98 Å². The minimum Gasteiger partial charge on any atom is -0.449 e. The van der Waals surface area contributed by atoms with Gasteiger partial charge in [0.2, 0.25) is 5.58 Å². The first-order valence-electron chi connectivity index (χ1n) is 6.15. The Kier molecular flexibility index (Phi) is 2.11. The van der Waals surface area contributed by atoms with Crippen LogP contribution < -0.4 is 16.3 Å². The fourth-order valence-corrected chi connectivity index (χ4v) is 2.36. The van der Waals surface area contributed by atoms with Crippen LogP contribution in [0.1, 0.15) is 11.7 Å². The molecule has 0 spiro atoms. The summed E-state index contributed by atoms with van der Waals surface area (Å²) in [5.74, 6) is 0.976. The average Bonchev–Trinajstić information content (AvgIpc) is 2.66. The summed E-state index contributed by atoms with van der Waals surface area (Å²) in [4.78, 5) is 19.4. The quantitative estimate of drug-likeness (QED) is 0.604. The number of fused-ring (bicyclic) bond motifs is 3. The Hall–Kier alpha value is -2.08. The second-order valence-electron chi connectivity index (χ2n) is 4.84. The van der Waals surface area contributed by atoms with E-state index in [4.69, 9.17) is 12.3 Å². The van der Waals surface area contributed by atoms with Gasteiger partial charge < -0.3 is 14.7 Å². The van der Waals surface area contributed by atoms with Gasteiger partial charge in [-0.05, 0) is 6.07 Å². The molecule has 0 amide bonds. The van der Waals surface area contributed by atoms with Crippen LogP contribution >= 0.6 is 0 Å². The number of nitrogens with one attached hydrogen (secondary N) is 2. The van der Waals surface area contributed by atoms with Gasteiger partial charge >= 0.3 is 0 Å². The molecule has 1 saturated heterocycles. The topological polar surface area (TPSA) is 70.9 Å². The molecule has 4 rings (SSSR count). The molecule has 1 aliphatic heterocycles. The van der Waals surface area contributed by atoms with Gasteiger partial charge in [0, 0.05) is 24.4 Å². The van der Waals surface area contributed by atoms with Crippen LogP contribution in [0.4, 0.5) is 0 Å². The SMILES string of the molecule is [B]c1ccc2oc3c(=O)[nH]c(C4CNC4)nc3c2c1. The number of aromatic nitrogens is 2. The first kappa shape index (κ1) is 10.8. The molecule has 5 nitrogen and oxygen atoms in total. The second-order valence-corrected chi connectivity index (χ2v) is 4.84. The predicted octanol–water partition coefficient (Wildman–Crippen LogP) is 0.150. The number of hydrogen-bond acceptors (Lipinski definition) is 4. The van der Waals surface area contributed by atoms with Crippen LogP contribution in [-0.4, -0.2) is 30.9 Å². The average molecular weight is 251 g/mol. The highest BCUT2D eigenvalue weighted by Gasteiger charge is 2.23. The molecule has 1 aliphatic rings. The van der Waals surface area contributed by atoms with E-state index in [2.05, 4.69) is 15.3 Å². The molecular weight excluding hydrogens is 241 g/mol. The zero-order valence-corrected chi connectivity index (χ0v) is 10.1. The summed E-state index contributed by atoms with van der Waals surface area (Å²) >= 11 is 0. The second kappa shape index (κ2) is 3.71. The molecule has 1 aromatic carbocycles. The lowest BCUT2D eigenvalue weighted by atomic mass is 9.95. The van der Waals surface area contributed by atoms with Gasteiger partial charge in [0.1, 0.15) is 24.8 Å². The number of benzene rings is 1. The van der Waals surface area contributed by atoms with Crippen molar-refractivity contribution >= 4 is 35.4 Å². The number of H-pyrrole nitrogens is 1. The van der Waals surface area contributed by atoms with Crippen LogP contribution in [0.5, 0.6) is 0 Å². The molecule has 2 aromatic heterocycles. The molecule has 3 aromatic rings. The highest BCUT2D eigenvalue weighted by atomic mass is 16.3. The molecular formula is C13H10BN3O2. The summed E-state index contributed by atoms with van der Waals surface area (Å²) in [6.07, 6.45) is 0. The zero-order chi connectivity index (χ0) is 13.0. The standard InChI is InChI=1S/C13H10BN3O2/c14-7-1-2-9-8(3-7)10-11(19-9)13(18)17-12(16-10)6-4-15-5-6/h1-3,6,15H,4-5H2,(H,16,17,18). The van der Waals surface area contributed by atoms with Crippen LogP contribution in [0.2, 0.25) is 0 Å². The van der Waals surface area contributed by atoms with Crippen LogP contribution in [0, 0.1) is 0 Å². The molecule has 0 atom stereocenters. The smallest absolute Gasteiger partial charge is 0.294 e. The minimum absolute atomic E-state index is 0.235. The van der Waals surface area contributed by atoms with E-state index in [0.29, 0.717) is 22.4 Å². The normalized spacial score (nSPS) is 16.0. The van der Waals surface area contributed by atoms with Gasteiger partial charge in [-0.1, -0.05) is 17.6 Å². The molecule has 0 saturated carbocycles. The highest BCUT2D eigenvalue weighted by Crippen LogP contribution is 2.25. The Bertz CT molecular complexity index is 848. The number of aromatic amines is 1. The van der Waals surface area contributed by atoms with Gasteiger partial charge in [-0.2, -0.15) is 0 Å². The first-order valence-corrected chi connectivity index (χ1v) is 6.15. The molecule has 0 aliphatic carbocycles. The van der Waals surface area contributed by atoms with Crippen LogP contribution in [0.15, 0.2) is 27.4 Å². The Morgan fingerprint density at radius 1 is 1.37 bits per heavy atom. The van der Waals surface area contributed by atoms with E-state index in [1.807, 2.05) is 0 Å². The number of furan rings is 1. The van der Waals surface area contributed by atoms with Crippen molar-refractivity contribution < 1.29 is 4.42 Å². The van der Waals surface area contributed by atoms with Crippen molar-refractivity contribution in [1.29, 1.82) is 0 Å². The lowest BCUT2D eigenvalue weighted by Crippen LogP contribution is -2.41. The molecule has 92 valence electrons. The molecule has 6 heteroatoms. The Morgan fingerprint density at radius 2 is 2.21 bits per heavy atom. The number of hydrogen-bond donors (Lipinski definition) is 2. The van der Waals surface area contributed by atoms with Gasteiger partial charge in [-0.15, -0.1) is 0 Å². The largest absolute Gasteiger partial charge is 0.449 e. The zero-order valence-electron chi connectivity index (χ0n) is 10.1. The van der Waals surface area contributed by atoms with Gasteiger partial charge in [0.25, 0.3) is 5.56 Å². The van der Waals surface area contributed by atoms with E-state index in [0.717, 1.165) is 18.5 Å². The fourth-order valence-electron chi connectivity index (χ4n) is 2.36. The first-order chi connectivity index (χ1) is 9.22. The Balaban J connectivity index is 2.08. The molecule has 3 heterocycles. The maximum absolute atomic E-state index is 12.1. The number of rotatable bonds is 1. The van der Waals surface area contributed by atoms with Gasteiger partial charge in [-0.3, -0.25) is 4.79 Å². The van der Waals surface area contributed by atoms with Crippen LogP contribution in [-0.2, 0) is 0 Å². The van der Waals surface area contributed by atoms with E-state index in [1.54, 1.807) is 18.2 Å². The molecule has 19 heavy (non-hydrogen) atoms. The number of nitrogens with zero attached hydrogens (tertiary/aromatic N) is 1. The van der Waals surface area contributed by atoms with Crippen molar-refractivity contribution in [2.75, 3.05) is 13.1 Å². The van der Waals surface area contributed by atoms with E-state index in [1.165, 1.54) is 0 Å². The van der Waals surface area contributed by atoms with E-state index in [9.17, 15) is 4.79 Å². The van der Waals surface area contributed by atoms with Crippen LogP contribution in [0.25, 0.3) is 22.1 Å². The molecule has 2 N–H and O–H groups in total. The molecule has 2 radical (unpaired) electrons. The van der Waals surface area contributed by atoms with Crippen molar-refractivity contribution in [1.82, 2.24) is 15.3 Å². The summed E-state index contributed by atoms with van der Waals surface area (Å²) in [6, 6.07) is 5.29. The monoisotopic (exact) mass is 251 g/mol. The summed E-state index contributed by atoms with van der Waals surface area (Å²) in [7, 11) is 5.78. The predicted molar refractivity (Wildman–Crippen MR) is 73.1 cm³/mol. The van der Waals surface area contributed by atoms with Gasteiger partial charge in [0.15, 0.2) is 0 Å². The van der Waals surface area contributed by atoms with Crippen molar-refractivity contribution in [3.63, 3.8) is 0 Å². The summed E-state index contributed by atoms with van der Waals surface area (Å²) < 4.78 is 5.55. The van der Waals surface area contributed by atoms with E-state index in [-0.39, 0.29) is 17.1 Å². The third-order valence-electron chi connectivity index (χ3n) is 3.53. The van der Waals surface area contributed by atoms with E-state index >= 15 is 0 Å². The van der Waals surface area contributed by atoms with Crippen molar-refractivity contribution in [2.24, 2.45) is 0 Å².